The Bertz CT molecular complexity index is 761. The monoisotopic (exact) mass is 357 g/mol. The SMILES string of the molecule is COc1cc(/C(N)=N/N=C/COc2ccc(C)cc2)cc(OC)c1OC. The molecule has 2 aromatic rings. The van der Waals surface area contributed by atoms with Gasteiger partial charge in [0.2, 0.25) is 5.75 Å². The van der Waals surface area contributed by atoms with Gasteiger partial charge in [0, 0.05) is 5.56 Å². The summed E-state index contributed by atoms with van der Waals surface area (Å²) in [4.78, 5) is 0. The maximum atomic E-state index is 5.99. The highest BCUT2D eigenvalue weighted by atomic mass is 16.5. The van der Waals surface area contributed by atoms with E-state index in [-0.39, 0.29) is 12.4 Å². The summed E-state index contributed by atoms with van der Waals surface area (Å²) in [5, 5.41) is 7.91. The molecule has 0 unspecified atom stereocenters. The van der Waals surface area contributed by atoms with Crippen molar-refractivity contribution in [1.82, 2.24) is 0 Å². The van der Waals surface area contributed by atoms with Crippen LogP contribution in [-0.4, -0.2) is 40.0 Å². The predicted molar refractivity (Wildman–Crippen MR) is 102 cm³/mol. The number of nitrogens with zero attached hydrogens (tertiary/aromatic N) is 2. The van der Waals surface area contributed by atoms with E-state index in [1.54, 1.807) is 12.1 Å². The molecule has 0 fully saturated rings. The summed E-state index contributed by atoms with van der Waals surface area (Å²) < 4.78 is 21.4. The van der Waals surface area contributed by atoms with Crippen LogP contribution in [0.15, 0.2) is 46.6 Å². The van der Waals surface area contributed by atoms with E-state index in [9.17, 15) is 0 Å². The number of methoxy groups -OCH3 is 3. The van der Waals surface area contributed by atoms with Crippen molar-refractivity contribution in [3.8, 4) is 23.0 Å². The first-order valence-corrected chi connectivity index (χ1v) is 7.93. The quantitative estimate of drug-likeness (QED) is 0.446. The van der Waals surface area contributed by atoms with Crippen LogP contribution in [0.5, 0.6) is 23.0 Å². The molecule has 0 bridgehead atoms. The normalized spacial score (nSPS) is 11.5. The summed E-state index contributed by atoms with van der Waals surface area (Å²) in [5.74, 6) is 2.46. The highest BCUT2D eigenvalue weighted by molar-refractivity contribution is 5.98. The van der Waals surface area contributed by atoms with Gasteiger partial charge < -0.3 is 24.7 Å². The first kappa shape index (κ1) is 19.1. The molecule has 0 aromatic heterocycles. The maximum absolute atomic E-state index is 5.99. The third kappa shape index (κ3) is 4.89. The molecule has 26 heavy (non-hydrogen) atoms. The van der Waals surface area contributed by atoms with E-state index in [0.29, 0.717) is 22.8 Å². The molecule has 138 valence electrons. The summed E-state index contributed by atoms with van der Waals surface area (Å²) in [5.41, 5.74) is 7.77. The van der Waals surface area contributed by atoms with Gasteiger partial charge in [-0.3, -0.25) is 0 Å². The van der Waals surface area contributed by atoms with Crippen LogP contribution >= 0.6 is 0 Å². The number of aryl methyl sites for hydroxylation is 1. The molecule has 0 aliphatic carbocycles. The number of hydrogen-bond acceptors (Lipinski definition) is 6. The average Bonchev–Trinajstić information content (AvgIpc) is 2.67. The van der Waals surface area contributed by atoms with Crippen LogP contribution in [0.1, 0.15) is 11.1 Å². The largest absolute Gasteiger partial charge is 0.493 e. The topological polar surface area (TPSA) is 87.7 Å². The Morgan fingerprint density at radius 3 is 2.15 bits per heavy atom. The summed E-state index contributed by atoms with van der Waals surface area (Å²) in [6, 6.07) is 11.2. The Hall–Kier alpha value is -3.22. The van der Waals surface area contributed by atoms with Crippen LogP contribution in [0.4, 0.5) is 0 Å². The second kappa shape index (κ2) is 9.31. The van der Waals surface area contributed by atoms with Crippen LogP contribution in [0, 0.1) is 6.92 Å². The number of nitrogens with two attached hydrogens (primary N) is 1. The minimum absolute atomic E-state index is 0.218. The number of ether oxygens (including phenoxy) is 4. The molecule has 2 aromatic carbocycles. The first-order chi connectivity index (χ1) is 12.6. The molecule has 0 saturated carbocycles. The summed E-state index contributed by atoms with van der Waals surface area (Å²) in [6.45, 7) is 2.31. The fraction of sp³-hybridized carbons (Fsp3) is 0.263. The van der Waals surface area contributed by atoms with Gasteiger partial charge in [-0.05, 0) is 31.2 Å². The van der Waals surface area contributed by atoms with Crippen molar-refractivity contribution >= 4 is 12.1 Å². The molecule has 0 amide bonds. The van der Waals surface area contributed by atoms with Gasteiger partial charge in [0.1, 0.15) is 12.4 Å². The standard InChI is InChI=1S/C19H23N3O4/c1-13-5-7-15(8-6-13)26-10-9-21-22-19(20)14-11-16(23-2)18(25-4)17(12-14)24-3/h5-9,11-12H,10H2,1-4H3,(H2,20,22)/b21-9+. The van der Waals surface area contributed by atoms with Crippen molar-refractivity contribution in [2.24, 2.45) is 15.9 Å². The lowest BCUT2D eigenvalue weighted by Crippen LogP contribution is -2.13. The van der Waals surface area contributed by atoms with Crippen LogP contribution in [0.25, 0.3) is 0 Å². The molecule has 0 radical (unpaired) electrons. The molecule has 7 heteroatoms. The van der Waals surface area contributed by atoms with Crippen LogP contribution in [-0.2, 0) is 0 Å². The lowest BCUT2D eigenvalue weighted by Gasteiger charge is -2.13. The molecule has 0 spiro atoms. The van der Waals surface area contributed by atoms with E-state index in [1.807, 2.05) is 31.2 Å². The molecule has 0 aliphatic rings. The average molecular weight is 357 g/mol. The maximum Gasteiger partial charge on any atom is 0.203 e. The summed E-state index contributed by atoms with van der Waals surface area (Å²) in [7, 11) is 4.61. The van der Waals surface area contributed by atoms with Crippen LogP contribution in [0.2, 0.25) is 0 Å². The zero-order valence-electron chi connectivity index (χ0n) is 15.4. The lowest BCUT2D eigenvalue weighted by molar-refractivity contribution is 0.324. The van der Waals surface area contributed by atoms with E-state index in [4.69, 9.17) is 24.7 Å². The Balaban J connectivity index is 2.05. The van der Waals surface area contributed by atoms with Gasteiger partial charge in [0.05, 0.1) is 27.5 Å². The van der Waals surface area contributed by atoms with E-state index in [1.165, 1.54) is 33.1 Å². The minimum Gasteiger partial charge on any atom is -0.493 e. The van der Waals surface area contributed by atoms with Gasteiger partial charge >= 0.3 is 0 Å². The number of amidine groups is 1. The summed E-state index contributed by atoms with van der Waals surface area (Å²) >= 11 is 0. The zero-order valence-corrected chi connectivity index (χ0v) is 15.4. The molecule has 0 aliphatic heterocycles. The Labute approximate surface area is 153 Å². The fourth-order valence-electron chi connectivity index (χ4n) is 2.19. The van der Waals surface area contributed by atoms with Crippen molar-refractivity contribution in [3.05, 3.63) is 47.5 Å². The van der Waals surface area contributed by atoms with Gasteiger partial charge in [-0.25, -0.2) is 0 Å². The van der Waals surface area contributed by atoms with E-state index >= 15 is 0 Å². The molecule has 7 nitrogen and oxygen atoms in total. The molecule has 2 rings (SSSR count). The Morgan fingerprint density at radius 2 is 1.62 bits per heavy atom. The highest BCUT2D eigenvalue weighted by Gasteiger charge is 2.14. The van der Waals surface area contributed by atoms with Crippen molar-refractivity contribution in [2.75, 3.05) is 27.9 Å². The Morgan fingerprint density at radius 1 is 1.00 bits per heavy atom. The van der Waals surface area contributed by atoms with Crippen molar-refractivity contribution < 1.29 is 18.9 Å². The molecule has 2 N–H and O–H groups in total. The first-order valence-electron chi connectivity index (χ1n) is 7.93. The molecule has 0 saturated heterocycles. The van der Waals surface area contributed by atoms with Gasteiger partial charge in [0.15, 0.2) is 17.3 Å². The van der Waals surface area contributed by atoms with Crippen molar-refractivity contribution in [2.45, 2.75) is 6.92 Å². The fourth-order valence-corrected chi connectivity index (χ4v) is 2.19. The summed E-state index contributed by atoms with van der Waals surface area (Å²) in [6.07, 6.45) is 1.53. The van der Waals surface area contributed by atoms with E-state index < -0.39 is 0 Å². The van der Waals surface area contributed by atoms with E-state index in [0.717, 1.165) is 5.75 Å². The molecule has 0 atom stereocenters. The van der Waals surface area contributed by atoms with Gasteiger partial charge in [-0.2, -0.15) is 5.10 Å². The van der Waals surface area contributed by atoms with Crippen LogP contribution in [0.3, 0.4) is 0 Å². The minimum atomic E-state index is 0.218. The second-order valence-corrected chi connectivity index (χ2v) is 5.32. The Kier molecular flexibility index (Phi) is 6.84. The van der Waals surface area contributed by atoms with Gasteiger partial charge in [0.25, 0.3) is 0 Å². The number of hydrogen-bond donors (Lipinski definition) is 1. The van der Waals surface area contributed by atoms with Gasteiger partial charge in [-0.1, -0.05) is 17.7 Å². The number of benzene rings is 2. The molecular weight excluding hydrogens is 334 g/mol. The van der Waals surface area contributed by atoms with Gasteiger partial charge in [-0.15, -0.1) is 5.10 Å². The number of rotatable bonds is 8. The second-order valence-electron chi connectivity index (χ2n) is 5.32. The van der Waals surface area contributed by atoms with Crippen LogP contribution < -0.4 is 24.7 Å². The predicted octanol–water partition coefficient (Wildman–Crippen LogP) is 2.79. The smallest absolute Gasteiger partial charge is 0.203 e. The van der Waals surface area contributed by atoms with Crippen molar-refractivity contribution in [3.63, 3.8) is 0 Å². The zero-order chi connectivity index (χ0) is 18.9. The third-order valence-electron chi connectivity index (χ3n) is 3.55. The van der Waals surface area contributed by atoms with E-state index in [2.05, 4.69) is 10.2 Å². The molecular formula is C19H23N3O4. The third-order valence-corrected chi connectivity index (χ3v) is 3.55. The highest BCUT2D eigenvalue weighted by Crippen LogP contribution is 2.38. The lowest BCUT2D eigenvalue weighted by atomic mass is 10.1. The molecule has 0 heterocycles. The van der Waals surface area contributed by atoms with Crippen molar-refractivity contribution in [1.29, 1.82) is 0 Å².